The average molecular weight is 283 g/mol. The third-order valence-corrected chi connectivity index (χ3v) is 4.19. The first-order chi connectivity index (χ1) is 9.14. The van der Waals surface area contributed by atoms with E-state index < -0.39 is 29.2 Å². The van der Waals surface area contributed by atoms with Gasteiger partial charge in [-0.25, -0.2) is 9.69 Å². The second-order valence-corrected chi connectivity index (χ2v) is 7.15. The molecule has 114 valence electrons. The van der Waals surface area contributed by atoms with Gasteiger partial charge in [0.2, 0.25) is 0 Å². The van der Waals surface area contributed by atoms with Crippen LogP contribution in [0.25, 0.3) is 0 Å². The number of hydrogen-bond acceptors (Lipinski definition) is 4. The van der Waals surface area contributed by atoms with E-state index in [-0.39, 0.29) is 5.92 Å². The molecule has 1 saturated heterocycles. The van der Waals surface area contributed by atoms with Crippen LogP contribution in [0.15, 0.2) is 0 Å². The molecule has 5 heteroatoms. The molecule has 2 fully saturated rings. The summed E-state index contributed by atoms with van der Waals surface area (Å²) in [5.74, 6) is -0.355. The Kier molecular flexibility index (Phi) is 3.84. The van der Waals surface area contributed by atoms with E-state index in [0.29, 0.717) is 0 Å². The zero-order valence-corrected chi connectivity index (χ0v) is 12.8. The van der Waals surface area contributed by atoms with Crippen LogP contribution in [-0.2, 0) is 9.53 Å². The highest BCUT2D eigenvalue weighted by Crippen LogP contribution is 2.42. The third-order valence-electron chi connectivity index (χ3n) is 4.19. The first-order valence-electron chi connectivity index (χ1n) is 7.43. The van der Waals surface area contributed by atoms with E-state index in [1.54, 1.807) is 20.8 Å². The van der Waals surface area contributed by atoms with E-state index in [2.05, 4.69) is 0 Å². The quantitative estimate of drug-likeness (QED) is 0.751. The molecule has 2 rings (SSSR count). The van der Waals surface area contributed by atoms with E-state index in [1.807, 2.05) is 0 Å². The predicted octanol–water partition coefficient (Wildman–Crippen LogP) is 2.46. The summed E-state index contributed by atoms with van der Waals surface area (Å²) in [6, 6.07) is -0.440. The van der Waals surface area contributed by atoms with Crippen LogP contribution in [0.5, 0.6) is 0 Å². The van der Waals surface area contributed by atoms with E-state index in [1.165, 1.54) is 13.3 Å². The summed E-state index contributed by atoms with van der Waals surface area (Å²) in [5.41, 5.74) is -2.07. The first kappa shape index (κ1) is 15.3. The summed E-state index contributed by atoms with van der Waals surface area (Å²) in [5, 5.41) is 10.3. The average Bonchev–Trinajstić information content (AvgIpc) is 2.33. The number of amides is 2. The van der Waals surface area contributed by atoms with Crippen molar-refractivity contribution >= 4 is 12.0 Å². The van der Waals surface area contributed by atoms with E-state index in [4.69, 9.17) is 4.74 Å². The van der Waals surface area contributed by atoms with Crippen LogP contribution in [0.3, 0.4) is 0 Å². The molecule has 20 heavy (non-hydrogen) atoms. The molecule has 1 aliphatic heterocycles. The molecule has 0 aromatic carbocycles. The predicted molar refractivity (Wildman–Crippen MR) is 74.1 cm³/mol. The number of rotatable bonds is 1. The van der Waals surface area contributed by atoms with Crippen molar-refractivity contribution in [1.29, 1.82) is 0 Å². The van der Waals surface area contributed by atoms with Crippen molar-refractivity contribution in [3.05, 3.63) is 0 Å². The zero-order chi connectivity index (χ0) is 15.1. The van der Waals surface area contributed by atoms with Crippen LogP contribution in [0.1, 0.15) is 59.8 Å². The van der Waals surface area contributed by atoms with Gasteiger partial charge >= 0.3 is 6.09 Å². The maximum absolute atomic E-state index is 12.2. The summed E-state index contributed by atoms with van der Waals surface area (Å²) >= 11 is 0. The minimum atomic E-state index is -1.43. The lowest BCUT2D eigenvalue weighted by atomic mass is 9.71. The van der Waals surface area contributed by atoms with Gasteiger partial charge in [-0.2, -0.15) is 0 Å². The molecule has 2 atom stereocenters. The summed E-state index contributed by atoms with van der Waals surface area (Å²) in [6.07, 6.45) is 4.64. The monoisotopic (exact) mass is 283 g/mol. The van der Waals surface area contributed by atoms with Crippen LogP contribution in [0, 0.1) is 5.92 Å². The molecule has 0 aromatic rings. The molecule has 0 aromatic heterocycles. The highest BCUT2D eigenvalue weighted by Gasteiger charge is 2.62. The number of β-lactam (4-membered cyclic amide) rings is 1. The number of imide groups is 1. The van der Waals surface area contributed by atoms with Crippen LogP contribution in [-0.4, -0.2) is 39.3 Å². The highest BCUT2D eigenvalue weighted by atomic mass is 16.6. The van der Waals surface area contributed by atoms with Gasteiger partial charge in [-0.05, 0) is 46.5 Å². The minimum absolute atomic E-state index is 0.184. The van der Waals surface area contributed by atoms with Gasteiger partial charge in [-0.3, -0.25) is 4.79 Å². The van der Waals surface area contributed by atoms with Gasteiger partial charge in [0.15, 0.2) is 5.60 Å². The van der Waals surface area contributed by atoms with Crippen LogP contribution < -0.4 is 0 Å². The second kappa shape index (κ2) is 5.02. The standard InChI is InChI=1S/C15H25NO4/c1-14(2,3)20-13(18)16-11(15(4,19)12(16)17)10-8-6-5-7-9-10/h10-11,19H,5-9H2,1-4H3/t11-,15+/m0/s1. The molecule has 5 nitrogen and oxygen atoms in total. The van der Waals surface area contributed by atoms with E-state index in [9.17, 15) is 14.7 Å². The van der Waals surface area contributed by atoms with Gasteiger partial charge in [-0.15, -0.1) is 0 Å². The molecular formula is C15H25NO4. The minimum Gasteiger partial charge on any atom is -0.443 e. The third kappa shape index (κ3) is 2.68. The number of ether oxygens (including phenoxy) is 1. The van der Waals surface area contributed by atoms with E-state index in [0.717, 1.165) is 30.6 Å². The van der Waals surface area contributed by atoms with Gasteiger partial charge in [0.05, 0.1) is 6.04 Å². The molecule has 1 saturated carbocycles. The van der Waals surface area contributed by atoms with Crippen LogP contribution in [0.2, 0.25) is 0 Å². The normalized spacial score (nSPS) is 31.9. The van der Waals surface area contributed by atoms with Crippen molar-refractivity contribution in [2.45, 2.75) is 77.0 Å². The Hall–Kier alpha value is -1.10. The Bertz CT molecular complexity index is 405. The Morgan fingerprint density at radius 1 is 1.30 bits per heavy atom. The summed E-state index contributed by atoms with van der Waals surface area (Å²) in [7, 11) is 0. The van der Waals surface area contributed by atoms with Crippen LogP contribution in [0.4, 0.5) is 4.79 Å². The molecular weight excluding hydrogens is 258 g/mol. The van der Waals surface area contributed by atoms with Crippen molar-refractivity contribution in [3.63, 3.8) is 0 Å². The number of hydrogen-bond donors (Lipinski definition) is 1. The smallest absolute Gasteiger partial charge is 0.417 e. The van der Waals surface area contributed by atoms with Gasteiger partial charge in [-0.1, -0.05) is 19.3 Å². The van der Waals surface area contributed by atoms with Crippen molar-refractivity contribution in [3.8, 4) is 0 Å². The second-order valence-electron chi connectivity index (χ2n) is 7.15. The fourth-order valence-electron chi connectivity index (χ4n) is 3.31. The van der Waals surface area contributed by atoms with Crippen molar-refractivity contribution in [2.24, 2.45) is 5.92 Å². The Morgan fingerprint density at radius 2 is 1.85 bits per heavy atom. The maximum atomic E-state index is 12.2. The lowest BCUT2D eigenvalue weighted by Crippen LogP contribution is -2.76. The van der Waals surface area contributed by atoms with Crippen molar-refractivity contribution < 1.29 is 19.4 Å². The molecule has 1 N–H and O–H groups in total. The first-order valence-corrected chi connectivity index (χ1v) is 7.43. The van der Waals surface area contributed by atoms with Crippen LogP contribution >= 0.6 is 0 Å². The fraction of sp³-hybridized carbons (Fsp3) is 0.867. The van der Waals surface area contributed by atoms with Gasteiger partial charge in [0.25, 0.3) is 5.91 Å². The lowest BCUT2D eigenvalue weighted by molar-refractivity contribution is -0.191. The molecule has 0 radical (unpaired) electrons. The largest absolute Gasteiger partial charge is 0.443 e. The molecule has 0 spiro atoms. The van der Waals surface area contributed by atoms with E-state index >= 15 is 0 Å². The van der Waals surface area contributed by atoms with Crippen molar-refractivity contribution in [1.82, 2.24) is 4.90 Å². The van der Waals surface area contributed by atoms with Gasteiger partial charge in [0, 0.05) is 0 Å². The molecule has 0 bridgehead atoms. The van der Waals surface area contributed by atoms with Gasteiger partial charge in [0.1, 0.15) is 5.60 Å². The summed E-state index contributed by atoms with van der Waals surface area (Å²) in [6.45, 7) is 6.81. The molecule has 0 unspecified atom stereocenters. The SMILES string of the molecule is CC(C)(C)OC(=O)N1C(=O)[C@](C)(O)[C@@H]1C1CCCCC1. The molecule has 1 heterocycles. The Labute approximate surface area is 120 Å². The topological polar surface area (TPSA) is 66.8 Å². The number of aliphatic hydroxyl groups is 1. The highest BCUT2D eigenvalue weighted by molar-refractivity contribution is 6.03. The summed E-state index contributed by atoms with van der Waals surface area (Å²) in [4.78, 5) is 25.3. The van der Waals surface area contributed by atoms with Crippen molar-refractivity contribution in [2.75, 3.05) is 0 Å². The molecule has 2 aliphatic rings. The molecule has 2 amide bonds. The molecule has 1 aliphatic carbocycles. The number of carbonyl (C=O) groups is 2. The Balaban J connectivity index is 2.14. The zero-order valence-electron chi connectivity index (χ0n) is 12.8. The van der Waals surface area contributed by atoms with Gasteiger partial charge < -0.3 is 9.84 Å². The maximum Gasteiger partial charge on any atom is 0.417 e. The number of nitrogens with zero attached hydrogens (tertiary/aromatic N) is 1. The number of likely N-dealkylation sites (tertiary alicyclic amines) is 1. The lowest BCUT2D eigenvalue weighted by Gasteiger charge is -2.53. The number of carbonyl (C=O) groups excluding carboxylic acids is 2. The Morgan fingerprint density at radius 3 is 2.35 bits per heavy atom. The summed E-state index contributed by atoms with van der Waals surface area (Å²) < 4.78 is 5.28. The fourth-order valence-corrected chi connectivity index (χ4v) is 3.31.